The van der Waals surface area contributed by atoms with Crippen molar-refractivity contribution in [1.82, 2.24) is 19.8 Å². The predicted octanol–water partition coefficient (Wildman–Crippen LogP) is 0.216. The van der Waals surface area contributed by atoms with Gasteiger partial charge in [0.05, 0.1) is 0 Å². The molecule has 1 aliphatic carbocycles. The molecule has 7 heteroatoms. The average molecular weight is 319 g/mol. The number of amides is 2. The lowest BCUT2D eigenvalue weighted by molar-refractivity contribution is -0.121. The first-order valence-electron chi connectivity index (χ1n) is 8.43. The number of nitrogens with one attached hydrogen (secondary N) is 1. The molecular formula is C16H25N5O2. The summed E-state index contributed by atoms with van der Waals surface area (Å²) in [4.78, 5) is 29.7. The van der Waals surface area contributed by atoms with Crippen LogP contribution in [0.25, 0.3) is 0 Å². The minimum Gasteiger partial charge on any atom is -0.368 e. The summed E-state index contributed by atoms with van der Waals surface area (Å²) in [6, 6.07) is 0.429. The predicted molar refractivity (Wildman–Crippen MR) is 85.6 cm³/mol. The quantitative estimate of drug-likeness (QED) is 0.751. The van der Waals surface area contributed by atoms with Gasteiger partial charge in [0.1, 0.15) is 12.4 Å². The van der Waals surface area contributed by atoms with E-state index in [0.717, 1.165) is 51.1 Å². The summed E-state index contributed by atoms with van der Waals surface area (Å²) >= 11 is 0. The molecule has 2 aliphatic rings. The Morgan fingerprint density at radius 2 is 2.17 bits per heavy atom. The number of imidazole rings is 1. The first-order valence-corrected chi connectivity index (χ1v) is 8.43. The third kappa shape index (κ3) is 4.54. The van der Waals surface area contributed by atoms with Crippen LogP contribution in [0.4, 0.5) is 0 Å². The number of nitrogens with zero attached hydrogens (tertiary/aromatic N) is 3. The minimum absolute atomic E-state index is 0.157. The first kappa shape index (κ1) is 16.0. The molecular weight excluding hydrogens is 294 g/mol. The van der Waals surface area contributed by atoms with Crippen molar-refractivity contribution in [2.45, 2.75) is 50.6 Å². The molecule has 1 atom stereocenters. The molecule has 0 bridgehead atoms. The molecule has 23 heavy (non-hydrogen) atoms. The van der Waals surface area contributed by atoms with Crippen molar-refractivity contribution in [3.05, 3.63) is 18.2 Å². The van der Waals surface area contributed by atoms with Gasteiger partial charge in [0.2, 0.25) is 11.8 Å². The monoisotopic (exact) mass is 319 g/mol. The van der Waals surface area contributed by atoms with Crippen LogP contribution in [0.3, 0.4) is 0 Å². The van der Waals surface area contributed by atoms with E-state index < -0.39 is 0 Å². The van der Waals surface area contributed by atoms with Crippen LogP contribution < -0.4 is 11.1 Å². The number of hydrogen-bond donors (Lipinski definition) is 2. The zero-order chi connectivity index (χ0) is 16.2. The molecule has 0 unspecified atom stereocenters. The summed E-state index contributed by atoms with van der Waals surface area (Å²) in [5.41, 5.74) is 5.29. The summed E-state index contributed by atoms with van der Waals surface area (Å²) in [6.07, 6.45) is 8.47. The number of likely N-dealkylation sites (tertiary alicyclic amines) is 1. The highest BCUT2D eigenvalue weighted by molar-refractivity contribution is 5.76. The van der Waals surface area contributed by atoms with Gasteiger partial charge in [-0.25, -0.2) is 4.98 Å². The van der Waals surface area contributed by atoms with Crippen molar-refractivity contribution in [3.63, 3.8) is 0 Å². The molecule has 3 rings (SSSR count). The summed E-state index contributed by atoms with van der Waals surface area (Å²) in [5, 5.41) is 3.03. The van der Waals surface area contributed by atoms with Crippen LogP contribution in [0.2, 0.25) is 0 Å². The molecule has 2 fully saturated rings. The lowest BCUT2D eigenvalue weighted by atomic mass is 9.97. The van der Waals surface area contributed by atoms with Crippen LogP contribution in [-0.4, -0.2) is 51.9 Å². The summed E-state index contributed by atoms with van der Waals surface area (Å²) in [6.45, 7) is 2.86. The number of piperidine rings is 1. The van der Waals surface area contributed by atoms with Gasteiger partial charge in [0.25, 0.3) is 0 Å². The molecule has 126 valence electrons. The van der Waals surface area contributed by atoms with E-state index in [0.29, 0.717) is 18.4 Å². The Morgan fingerprint density at radius 3 is 2.91 bits per heavy atom. The Morgan fingerprint density at radius 1 is 1.35 bits per heavy atom. The van der Waals surface area contributed by atoms with Crippen LogP contribution in [0.5, 0.6) is 0 Å². The van der Waals surface area contributed by atoms with Crippen LogP contribution in [0, 0.1) is 0 Å². The van der Waals surface area contributed by atoms with E-state index in [1.165, 1.54) is 0 Å². The Labute approximate surface area is 136 Å². The van der Waals surface area contributed by atoms with Gasteiger partial charge in [-0.1, -0.05) is 0 Å². The van der Waals surface area contributed by atoms with Crippen molar-refractivity contribution in [2.75, 3.05) is 19.6 Å². The maximum absolute atomic E-state index is 11.8. The molecule has 0 radical (unpaired) electrons. The van der Waals surface area contributed by atoms with Gasteiger partial charge >= 0.3 is 0 Å². The number of carbonyl (C=O) groups excluding carboxylic acids is 2. The highest BCUT2D eigenvalue weighted by Crippen LogP contribution is 2.26. The smallest absolute Gasteiger partial charge is 0.237 e. The molecule has 1 aliphatic heterocycles. The number of hydrogen-bond acceptors (Lipinski definition) is 4. The Hall–Kier alpha value is -1.89. The summed E-state index contributed by atoms with van der Waals surface area (Å²) in [7, 11) is 0. The van der Waals surface area contributed by atoms with E-state index in [1.54, 1.807) is 6.20 Å². The minimum atomic E-state index is -0.353. The molecule has 3 N–H and O–H groups in total. The highest BCUT2D eigenvalue weighted by Gasteiger charge is 2.26. The van der Waals surface area contributed by atoms with Crippen molar-refractivity contribution in [1.29, 1.82) is 0 Å². The normalized spacial score (nSPS) is 22.0. The number of primary amides is 1. The third-order valence-corrected chi connectivity index (χ3v) is 4.54. The van der Waals surface area contributed by atoms with E-state index in [9.17, 15) is 9.59 Å². The first-order chi connectivity index (χ1) is 11.1. The summed E-state index contributed by atoms with van der Waals surface area (Å²) < 4.78 is 1.84. The molecule has 1 aromatic heterocycles. The van der Waals surface area contributed by atoms with Gasteiger partial charge in [0.15, 0.2) is 0 Å². The van der Waals surface area contributed by atoms with Crippen molar-refractivity contribution < 1.29 is 9.59 Å². The van der Waals surface area contributed by atoms with Gasteiger partial charge in [-0.2, -0.15) is 0 Å². The Balaban J connectivity index is 1.52. The largest absolute Gasteiger partial charge is 0.368 e. The topological polar surface area (TPSA) is 93.2 Å². The number of aromatic nitrogens is 2. The molecule has 1 aromatic rings. The van der Waals surface area contributed by atoms with Crippen molar-refractivity contribution in [2.24, 2.45) is 5.73 Å². The van der Waals surface area contributed by atoms with Gasteiger partial charge in [-0.3, -0.25) is 9.59 Å². The SMILES string of the molecule is NC(=O)Cn1ccnc1[C@H]1CCCN(CCC(=O)NC2CC2)C1. The second-order valence-corrected chi connectivity index (χ2v) is 6.61. The highest BCUT2D eigenvalue weighted by atomic mass is 16.2. The third-order valence-electron chi connectivity index (χ3n) is 4.54. The lowest BCUT2D eigenvalue weighted by Gasteiger charge is -2.32. The Bertz CT molecular complexity index is 567. The second-order valence-electron chi connectivity index (χ2n) is 6.61. The van der Waals surface area contributed by atoms with Crippen molar-refractivity contribution in [3.8, 4) is 0 Å². The van der Waals surface area contributed by atoms with E-state index in [2.05, 4.69) is 15.2 Å². The number of rotatable bonds is 7. The zero-order valence-corrected chi connectivity index (χ0v) is 13.4. The van der Waals surface area contributed by atoms with E-state index in [1.807, 2.05) is 10.8 Å². The fourth-order valence-corrected chi connectivity index (χ4v) is 3.24. The molecule has 7 nitrogen and oxygen atoms in total. The maximum Gasteiger partial charge on any atom is 0.237 e. The van der Waals surface area contributed by atoms with Crippen LogP contribution >= 0.6 is 0 Å². The molecule has 0 spiro atoms. The maximum atomic E-state index is 11.8. The van der Waals surface area contributed by atoms with Crippen LogP contribution in [-0.2, 0) is 16.1 Å². The van der Waals surface area contributed by atoms with E-state index in [-0.39, 0.29) is 18.4 Å². The van der Waals surface area contributed by atoms with Gasteiger partial charge in [0, 0.05) is 43.9 Å². The van der Waals surface area contributed by atoms with Gasteiger partial charge < -0.3 is 20.5 Å². The molecule has 2 amide bonds. The number of nitrogens with two attached hydrogens (primary N) is 1. The molecule has 1 saturated heterocycles. The fourth-order valence-electron chi connectivity index (χ4n) is 3.24. The van der Waals surface area contributed by atoms with E-state index >= 15 is 0 Å². The molecule has 2 heterocycles. The van der Waals surface area contributed by atoms with Gasteiger partial charge in [-0.15, -0.1) is 0 Å². The fraction of sp³-hybridized carbons (Fsp3) is 0.688. The average Bonchev–Trinajstić information content (AvgIpc) is 3.21. The van der Waals surface area contributed by atoms with Crippen LogP contribution in [0.1, 0.15) is 43.8 Å². The Kier molecular flexibility index (Phi) is 4.95. The van der Waals surface area contributed by atoms with Crippen molar-refractivity contribution >= 4 is 11.8 Å². The molecule has 1 saturated carbocycles. The number of carbonyl (C=O) groups is 2. The molecule has 0 aromatic carbocycles. The summed E-state index contributed by atoms with van der Waals surface area (Å²) in [5.74, 6) is 1.03. The van der Waals surface area contributed by atoms with Crippen LogP contribution in [0.15, 0.2) is 12.4 Å². The lowest BCUT2D eigenvalue weighted by Crippen LogP contribution is -2.38. The second kappa shape index (κ2) is 7.12. The van der Waals surface area contributed by atoms with Gasteiger partial charge in [-0.05, 0) is 32.2 Å². The standard InChI is InChI=1S/C16H25N5O2/c17-14(22)11-21-9-6-18-16(21)12-2-1-7-20(10-12)8-5-15(23)19-13-3-4-13/h6,9,12-13H,1-5,7-8,10-11H2,(H2,17,22)(H,19,23)/t12-/m0/s1. The zero-order valence-electron chi connectivity index (χ0n) is 13.4. The van der Waals surface area contributed by atoms with E-state index in [4.69, 9.17) is 5.73 Å².